The average Bonchev–Trinajstić information content (AvgIpc) is 2.94. The van der Waals surface area contributed by atoms with Gasteiger partial charge in [0.1, 0.15) is 0 Å². The molecule has 1 aliphatic carbocycles. The zero-order valence-corrected chi connectivity index (χ0v) is 12.2. The first-order valence-electron chi connectivity index (χ1n) is 7.10. The van der Waals surface area contributed by atoms with Gasteiger partial charge in [-0.1, -0.05) is 38.1 Å². The Labute approximate surface area is 112 Å². The minimum absolute atomic E-state index is 1.13. The molecule has 18 heavy (non-hydrogen) atoms. The quantitative estimate of drug-likeness (QED) is 0.624. The van der Waals surface area contributed by atoms with E-state index in [4.69, 9.17) is 4.99 Å². The lowest BCUT2D eigenvalue weighted by Gasteiger charge is -2.06. The van der Waals surface area contributed by atoms with Crippen LogP contribution in [0.15, 0.2) is 35.3 Å². The van der Waals surface area contributed by atoms with E-state index in [9.17, 15) is 0 Å². The summed E-state index contributed by atoms with van der Waals surface area (Å²) in [5.41, 5.74) is 5.08. The fraction of sp³-hybridized carbons (Fsp3) is 0.471. The monoisotopic (exact) mass is 243 g/mol. The fourth-order valence-corrected chi connectivity index (χ4v) is 2.13. The summed E-state index contributed by atoms with van der Waals surface area (Å²) in [6, 6.07) is 8.43. The first-order valence-corrected chi connectivity index (χ1v) is 7.10. The van der Waals surface area contributed by atoms with Crippen LogP contribution in [0.3, 0.4) is 0 Å². The molecule has 1 fully saturated rings. The molecule has 0 radical (unpaired) electrons. The SMILES string of the molecule is CC.CC=C(C)c1ccccc1N=C1CCCC1. The van der Waals surface area contributed by atoms with Gasteiger partial charge in [-0.15, -0.1) is 0 Å². The molecule has 1 heteroatoms. The second-order valence-electron chi connectivity index (χ2n) is 4.37. The Hall–Kier alpha value is -1.37. The van der Waals surface area contributed by atoms with Gasteiger partial charge < -0.3 is 0 Å². The molecule has 1 saturated carbocycles. The van der Waals surface area contributed by atoms with Gasteiger partial charge in [0, 0.05) is 11.3 Å². The van der Waals surface area contributed by atoms with Crippen molar-refractivity contribution in [2.45, 2.75) is 53.4 Å². The topological polar surface area (TPSA) is 12.4 Å². The van der Waals surface area contributed by atoms with Crippen molar-refractivity contribution in [3.63, 3.8) is 0 Å². The Balaban J connectivity index is 0.000000771. The molecule has 0 amide bonds. The first kappa shape index (κ1) is 14.7. The average molecular weight is 243 g/mol. The van der Waals surface area contributed by atoms with Crippen molar-refractivity contribution < 1.29 is 0 Å². The van der Waals surface area contributed by atoms with E-state index in [1.165, 1.54) is 42.5 Å². The third-order valence-corrected chi connectivity index (χ3v) is 3.22. The number of allylic oxidation sites excluding steroid dienone is 2. The van der Waals surface area contributed by atoms with Crippen LogP contribution < -0.4 is 0 Å². The lowest BCUT2D eigenvalue weighted by molar-refractivity contribution is 0.886. The van der Waals surface area contributed by atoms with Crippen LogP contribution in [0.5, 0.6) is 0 Å². The van der Waals surface area contributed by atoms with E-state index >= 15 is 0 Å². The van der Waals surface area contributed by atoms with E-state index in [0.717, 1.165) is 5.69 Å². The van der Waals surface area contributed by atoms with Gasteiger partial charge >= 0.3 is 0 Å². The highest BCUT2D eigenvalue weighted by Gasteiger charge is 2.09. The molecule has 98 valence electrons. The van der Waals surface area contributed by atoms with Crippen LogP contribution in [0.1, 0.15) is 58.9 Å². The number of para-hydroxylation sites is 1. The zero-order valence-electron chi connectivity index (χ0n) is 12.2. The number of benzene rings is 1. The molecule has 0 bridgehead atoms. The number of aliphatic imine (C=N–C) groups is 1. The standard InChI is InChI=1S/C15H19N.C2H6/c1-3-12(2)14-10-6-7-11-15(14)16-13-8-4-5-9-13;1-2/h3,6-7,10-11H,4-5,8-9H2,1-2H3;1-2H3. The zero-order chi connectivity index (χ0) is 13.4. The molecule has 0 aromatic heterocycles. The molecule has 0 N–H and O–H groups in total. The van der Waals surface area contributed by atoms with Crippen LogP contribution in [0.25, 0.3) is 5.57 Å². The van der Waals surface area contributed by atoms with Crippen molar-refractivity contribution in [3.8, 4) is 0 Å². The van der Waals surface area contributed by atoms with E-state index in [0.29, 0.717) is 0 Å². The predicted molar refractivity (Wildman–Crippen MR) is 82.7 cm³/mol. The summed E-state index contributed by atoms with van der Waals surface area (Å²) in [5, 5.41) is 0. The van der Waals surface area contributed by atoms with Crippen LogP contribution in [-0.2, 0) is 0 Å². The van der Waals surface area contributed by atoms with Crippen molar-refractivity contribution >= 4 is 17.0 Å². The van der Waals surface area contributed by atoms with Crippen LogP contribution in [0.2, 0.25) is 0 Å². The van der Waals surface area contributed by atoms with Gasteiger partial charge in [-0.05, 0) is 51.2 Å². The molecule has 1 aromatic rings. The predicted octanol–water partition coefficient (Wildman–Crippen LogP) is 5.78. The maximum Gasteiger partial charge on any atom is 0.0703 e. The van der Waals surface area contributed by atoms with E-state index in [2.05, 4.69) is 44.2 Å². The minimum Gasteiger partial charge on any atom is -0.257 e. The molecule has 0 saturated heterocycles. The maximum absolute atomic E-state index is 4.80. The summed E-state index contributed by atoms with van der Waals surface area (Å²) in [6.45, 7) is 8.22. The van der Waals surface area contributed by atoms with Gasteiger partial charge in [0.25, 0.3) is 0 Å². The second-order valence-corrected chi connectivity index (χ2v) is 4.37. The molecular formula is C17H25N. The molecule has 1 aromatic carbocycles. The summed E-state index contributed by atoms with van der Waals surface area (Å²) < 4.78 is 0. The highest BCUT2D eigenvalue weighted by atomic mass is 14.8. The number of hydrogen-bond donors (Lipinski definition) is 0. The van der Waals surface area contributed by atoms with Crippen LogP contribution >= 0.6 is 0 Å². The van der Waals surface area contributed by atoms with Crippen molar-refractivity contribution in [2.24, 2.45) is 4.99 Å². The normalized spacial score (nSPS) is 15.1. The van der Waals surface area contributed by atoms with Crippen molar-refractivity contribution in [1.29, 1.82) is 0 Å². The largest absolute Gasteiger partial charge is 0.257 e. The van der Waals surface area contributed by atoms with E-state index in [1.54, 1.807) is 0 Å². The van der Waals surface area contributed by atoms with E-state index < -0.39 is 0 Å². The van der Waals surface area contributed by atoms with Gasteiger partial charge in [-0.2, -0.15) is 0 Å². The van der Waals surface area contributed by atoms with Crippen molar-refractivity contribution in [3.05, 3.63) is 35.9 Å². The van der Waals surface area contributed by atoms with Gasteiger partial charge in [0.05, 0.1) is 5.69 Å². The molecule has 0 atom stereocenters. The molecule has 0 aliphatic heterocycles. The van der Waals surface area contributed by atoms with Gasteiger partial charge in [-0.25, -0.2) is 0 Å². The minimum atomic E-state index is 1.13. The smallest absolute Gasteiger partial charge is 0.0703 e. The fourth-order valence-electron chi connectivity index (χ4n) is 2.13. The third kappa shape index (κ3) is 3.83. The van der Waals surface area contributed by atoms with Gasteiger partial charge in [0.15, 0.2) is 0 Å². The Bertz CT molecular complexity index is 419. The summed E-state index contributed by atoms with van der Waals surface area (Å²) in [4.78, 5) is 4.80. The molecule has 2 rings (SSSR count). The molecule has 1 aliphatic rings. The van der Waals surface area contributed by atoms with Crippen molar-refractivity contribution in [1.82, 2.24) is 0 Å². The first-order chi connectivity index (χ1) is 8.81. The number of rotatable bonds is 2. The Morgan fingerprint density at radius 1 is 1.11 bits per heavy atom. The van der Waals surface area contributed by atoms with Gasteiger partial charge in [0.2, 0.25) is 0 Å². The Kier molecular flexibility index (Phi) is 6.42. The molecule has 1 nitrogen and oxygen atoms in total. The van der Waals surface area contributed by atoms with E-state index in [1.807, 2.05) is 13.8 Å². The molecule has 0 heterocycles. The summed E-state index contributed by atoms with van der Waals surface area (Å²) in [6.07, 6.45) is 7.13. The summed E-state index contributed by atoms with van der Waals surface area (Å²) in [7, 11) is 0. The van der Waals surface area contributed by atoms with Crippen LogP contribution in [0, 0.1) is 0 Å². The number of hydrogen-bond acceptors (Lipinski definition) is 1. The summed E-state index contributed by atoms with van der Waals surface area (Å²) in [5.74, 6) is 0. The maximum atomic E-state index is 4.80. The highest BCUT2D eigenvalue weighted by Crippen LogP contribution is 2.28. The summed E-state index contributed by atoms with van der Waals surface area (Å²) >= 11 is 0. The third-order valence-electron chi connectivity index (χ3n) is 3.22. The molecule has 0 spiro atoms. The van der Waals surface area contributed by atoms with Crippen LogP contribution in [-0.4, -0.2) is 5.71 Å². The van der Waals surface area contributed by atoms with Gasteiger partial charge in [-0.3, -0.25) is 4.99 Å². The molecule has 0 unspecified atom stereocenters. The van der Waals surface area contributed by atoms with Crippen LogP contribution in [0.4, 0.5) is 5.69 Å². The Morgan fingerprint density at radius 3 is 2.33 bits per heavy atom. The lowest BCUT2D eigenvalue weighted by atomic mass is 10.1. The highest BCUT2D eigenvalue weighted by molar-refractivity contribution is 5.90. The van der Waals surface area contributed by atoms with E-state index in [-0.39, 0.29) is 0 Å². The number of nitrogens with zero attached hydrogens (tertiary/aromatic N) is 1. The van der Waals surface area contributed by atoms with Crippen molar-refractivity contribution in [2.75, 3.05) is 0 Å². The lowest BCUT2D eigenvalue weighted by Crippen LogP contribution is -1.88. The molecular weight excluding hydrogens is 218 g/mol. The second kappa shape index (κ2) is 7.86. The Morgan fingerprint density at radius 2 is 1.72 bits per heavy atom.